The molecule has 404 valence electrons. The molecule has 0 rings (SSSR count). The Morgan fingerprint density at radius 2 is 0.691 bits per heavy atom. The highest BCUT2D eigenvalue weighted by Crippen LogP contribution is 2.18. The van der Waals surface area contributed by atoms with Crippen molar-refractivity contribution in [2.24, 2.45) is 0 Å². The SMILES string of the molecule is CCCCCCCCC/C=C\CCCCCCCC(=O)OCCCCCCCCCCCCCCCCCCCCC(=O)NC(CO)C(O)CCCCCCCCCCCCCCCCCCC. The van der Waals surface area contributed by atoms with Crippen molar-refractivity contribution in [3.05, 3.63) is 12.2 Å². The van der Waals surface area contributed by atoms with Crippen LogP contribution < -0.4 is 5.32 Å². The van der Waals surface area contributed by atoms with Crippen LogP contribution in [0.2, 0.25) is 0 Å². The number of aliphatic hydroxyl groups is 2. The Hall–Kier alpha value is -1.40. The fourth-order valence-electron chi connectivity index (χ4n) is 9.81. The predicted molar refractivity (Wildman–Crippen MR) is 297 cm³/mol. The number of allylic oxidation sites excluding steroid dienone is 2. The minimum atomic E-state index is -0.667. The van der Waals surface area contributed by atoms with Gasteiger partial charge in [-0.3, -0.25) is 9.59 Å². The van der Waals surface area contributed by atoms with E-state index in [9.17, 15) is 19.8 Å². The van der Waals surface area contributed by atoms with Gasteiger partial charge in [0.2, 0.25) is 5.91 Å². The minimum Gasteiger partial charge on any atom is -0.466 e. The Morgan fingerprint density at radius 3 is 1.04 bits per heavy atom. The highest BCUT2D eigenvalue weighted by Gasteiger charge is 2.20. The van der Waals surface area contributed by atoms with E-state index < -0.39 is 12.1 Å². The predicted octanol–water partition coefficient (Wildman–Crippen LogP) is 19.2. The molecule has 2 atom stereocenters. The van der Waals surface area contributed by atoms with Crippen LogP contribution in [0.1, 0.15) is 348 Å². The molecule has 0 aromatic heterocycles. The van der Waals surface area contributed by atoms with Crippen molar-refractivity contribution in [1.29, 1.82) is 0 Å². The van der Waals surface area contributed by atoms with Crippen LogP contribution in [0, 0.1) is 0 Å². The molecule has 0 saturated carbocycles. The van der Waals surface area contributed by atoms with Gasteiger partial charge in [0.1, 0.15) is 0 Å². The van der Waals surface area contributed by atoms with E-state index >= 15 is 0 Å². The second-order valence-electron chi connectivity index (χ2n) is 21.4. The monoisotopic (exact) mass is 960 g/mol. The number of aliphatic hydroxyl groups excluding tert-OH is 2. The summed E-state index contributed by atoms with van der Waals surface area (Å²) in [5.74, 6) is -0.0352. The van der Waals surface area contributed by atoms with Gasteiger partial charge in [-0.1, -0.05) is 296 Å². The van der Waals surface area contributed by atoms with Crippen LogP contribution in [0.4, 0.5) is 0 Å². The molecule has 0 aromatic carbocycles. The van der Waals surface area contributed by atoms with Crippen molar-refractivity contribution in [3.8, 4) is 0 Å². The molecule has 1 amide bonds. The lowest BCUT2D eigenvalue weighted by Gasteiger charge is -2.22. The molecule has 0 aliphatic carbocycles. The number of ether oxygens (including phenoxy) is 1. The van der Waals surface area contributed by atoms with Crippen molar-refractivity contribution >= 4 is 11.9 Å². The molecule has 0 spiro atoms. The number of hydrogen-bond donors (Lipinski definition) is 3. The van der Waals surface area contributed by atoms with E-state index in [2.05, 4.69) is 31.3 Å². The topological polar surface area (TPSA) is 95.9 Å². The summed E-state index contributed by atoms with van der Waals surface area (Å²) in [6, 6.07) is -0.544. The first-order chi connectivity index (χ1) is 33.5. The Kier molecular flexibility index (Phi) is 57.0. The van der Waals surface area contributed by atoms with Gasteiger partial charge in [0.05, 0.1) is 25.4 Å². The molecule has 0 aliphatic heterocycles. The zero-order valence-electron chi connectivity index (χ0n) is 46.1. The smallest absolute Gasteiger partial charge is 0.305 e. The summed E-state index contributed by atoms with van der Waals surface area (Å²) in [5.41, 5.74) is 0. The lowest BCUT2D eigenvalue weighted by molar-refractivity contribution is -0.143. The maximum absolute atomic E-state index is 12.5. The number of unbranched alkanes of at least 4 members (excludes halogenated alkanes) is 45. The molecule has 0 fully saturated rings. The van der Waals surface area contributed by atoms with E-state index in [1.807, 2.05) is 0 Å². The number of amides is 1. The normalized spacial score (nSPS) is 12.6. The first-order valence-corrected chi connectivity index (χ1v) is 30.9. The van der Waals surface area contributed by atoms with Crippen molar-refractivity contribution in [3.63, 3.8) is 0 Å². The maximum Gasteiger partial charge on any atom is 0.305 e. The van der Waals surface area contributed by atoms with Crippen LogP contribution in [0.15, 0.2) is 12.2 Å². The van der Waals surface area contributed by atoms with Crippen LogP contribution in [0.5, 0.6) is 0 Å². The summed E-state index contributed by atoms with van der Waals surface area (Å²) in [5, 5.41) is 23.3. The van der Waals surface area contributed by atoms with Crippen molar-refractivity contribution in [2.45, 2.75) is 360 Å². The lowest BCUT2D eigenvalue weighted by Crippen LogP contribution is -2.45. The third-order valence-corrected chi connectivity index (χ3v) is 14.6. The molecule has 3 N–H and O–H groups in total. The molecule has 6 nitrogen and oxygen atoms in total. The molecule has 0 aromatic rings. The lowest BCUT2D eigenvalue weighted by atomic mass is 10.0. The van der Waals surface area contributed by atoms with E-state index in [1.54, 1.807) is 0 Å². The van der Waals surface area contributed by atoms with Crippen molar-refractivity contribution < 1.29 is 24.5 Å². The summed E-state index contributed by atoms with van der Waals surface area (Å²) in [7, 11) is 0. The molecule has 0 aliphatic rings. The van der Waals surface area contributed by atoms with Crippen LogP contribution >= 0.6 is 0 Å². The largest absolute Gasteiger partial charge is 0.466 e. The van der Waals surface area contributed by atoms with Crippen molar-refractivity contribution in [2.75, 3.05) is 13.2 Å². The Labute approximate surface area is 425 Å². The molecular formula is C62H121NO5. The van der Waals surface area contributed by atoms with Crippen LogP contribution in [0.3, 0.4) is 0 Å². The standard InChI is InChI=1S/C62H121NO5/c1-3-5-7-9-11-13-15-17-19-23-26-30-34-38-42-46-50-54-60(65)59(58-64)63-61(66)55-51-47-43-39-35-31-27-24-21-22-25-29-33-37-41-45-49-53-57-68-62(67)56-52-48-44-40-36-32-28-20-18-16-14-12-10-8-6-4-2/h20,28,59-60,64-65H,3-19,21-27,29-58H2,1-2H3,(H,63,66)/b28-20-. The zero-order valence-corrected chi connectivity index (χ0v) is 46.1. The van der Waals surface area contributed by atoms with Crippen LogP contribution in [-0.2, 0) is 14.3 Å². The van der Waals surface area contributed by atoms with Gasteiger partial charge in [0.25, 0.3) is 0 Å². The fraction of sp³-hybridized carbons (Fsp3) is 0.935. The van der Waals surface area contributed by atoms with Gasteiger partial charge in [-0.15, -0.1) is 0 Å². The number of hydrogen-bond acceptors (Lipinski definition) is 5. The Morgan fingerprint density at radius 1 is 0.397 bits per heavy atom. The molecule has 6 heteroatoms. The summed E-state index contributed by atoms with van der Waals surface area (Å²) in [4.78, 5) is 24.6. The minimum absolute atomic E-state index is 0.000859. The first-order valence-electron chi connectivity index (χ1n) is 30.9. The van der Waals surface area contributed by atoms with Crippen LogP contribution in [-0.4, -0.2) is 47.4 Å². The summed E-state index contributed by atoms with van der Waals surface area (Å²) in [6.07, 6.45) is 69.2. The molecule has 0 heterocycles. The molecule has 0 radical (unpaired) electrons. The van der Waals surface area contributed by atoms with Gasteiger partial charge in [-0.25, -0.2) is 0 Å². The third kappa shape index (κ3) is 53.9. The quantitative estimate of drug-likeness (QED) is 0.0321. The molecule has 0 saturated heterocycles. The number of carbonyl (C=O) groups is 2. The number of nitrogens with one attached hydrogen (secondary N) is 1. The molecule has 68 heavy (non-hydrogen) atoms. The van der Waals surface area contributed by atoms with Gasteiger partial charge in [0, 0.05) is 12.8 Å². The van der Waals surface area contributed by atoms with E-state index in [1.165, 1.54) is 270 Å². The summed E-state index contributed by atoms with van der Waals surface area (Å²) in [6.45, 7) is 4.97. The highest BCUT2D eigenvalue weighted by molar-refractivity contribution is 5.76. The van der Waals surface area contributed by atoms with E-state index in [0.29, 0.717) is 25.9 Å². The van der Waals surface area contributed by atoms with Gasteiger partial charge in [0.15, 0.2) is 0 Å². The third-order valence-electron chi connectivity index (χ3n) is 14.6. The molecule has 2 unspecified atom stereocenters. The van der Waals surface area contributed by atoms with E-state index in [4.69, 9.17) is 4.74 Å². The Bertz CT molecular complexity index is 1020. The highest BCUT2D eigenvalue weighted by atomic mass is 16.5. The van der Waals surface area contributed by atoms with Gasteiger partial charge < -0.3 is 20.3 Å². The second-order valence-corrected chi connectivity index (χ2v) is 21.4. The van der Waals surface area contributed by atoms with Gasteiger partial charge in [-0.2, -0.15) is 0 Å². The average molecular weight is 961 g/mol. The van der Waals surface area contributed by atoms with E-state index in [-0.39, 0.29) is 18.5 Å². The number of carbonyl (C=O) groups excluding carboxylic acids is 2. The number of esters is 1. The first kappa shape index (κ1) is 66.6. The number of rotatable bonds is 58. The molecular weight excluding hydrogens is 839 g/mol. The van der Waals surface area contributed by atoms with E-state index in [0.717, 1.165) is 44.9 Å². The fourth-order valence-corrected chi connectivity index (χ4v) is 9.81. The maximum atomic E-state index is 12.5. The van der Waals surface area contributed by atoms with Crippen molar-refractivity contribution in [1.82, 2.24) is 5.32 Å². The summed E-state index contributed by atoms with van der Waals surface area (Å²) >= 11 is 0. The van der Waals surface area contributed by atoms with Crippen LogP contribution in [0.25, 0.3) is 0 Å². The average Bonchev–Trinajstić information content (AvgIpc) is 3.34. The summed E-state index contributed by atoms with van der Waals surface area (Å²) < 4.78 is 5.48. The zero-order chi connectivity index (χ0) is 49.3. The second kappa shape index (κ2) is 58.2. The van der Waals surface area contributed by atoms with Gasteiger partial charge >= 0.3 is 5.97 Å². The Balaban J connectivity index is 3.40. The van der Waals surface area contributed by atoms with Gasteiger partial charge in [-0.05, 0) is 51.4 Å². The molecule has 0 bridgehead atoms.